The summed E-state index contributed by atoms with van der Waals surface area (Å²) in [6.07, 6.45) is 9.57. The van der Waals surface area contributed by atoms with Gasteiger partial charge in [0.05, 0.1) is 18.8 Å². The first-order chi connectivity index (χ1) is 15.1. The van der Waals surface area contributed by atoms with Crippen LogP contribution in [0.4, 0.5) is 0 Å². The van der Waals surface area contributed by atoms with Crippen LogP contribution in [0.25, 0.3) is 0 Å². The first-order valence-corrected chi connectivity index (χ1v) is 12.0. The molecule has 6 heteroatoms. The van der Waals surface area contributed by atoms with Crippen LogP contribution < -0.4 is 5.73 Å². The van der Waals surface area contributed by atoms with Crippen LogP contribution in [0, 0.1) is 5.41 Å². The highest BCUT2D eigenvalue weighted by Crippen LogP contribution is 2.62. The molecule has 2 saturated carbocycles. The number of carbonyl (C=O) groups is 1. The summed E-state index contributed by atoms with van der Waals surface area (Å²) in [6, 6.07) is 6.85. The van der Waals surface area contributed by atoms with Crippen LogP contribution in [-0.4, -0.2) is 49.2 Å². The Morgan fingerprint density at radius 3 is 2.71 bits per heavy atom. The van der Waals surface area contributed by atoms with Crippen molar-refractivity contribution in [2.75, 3.05) is 20.3 Å². The predicted molar refractivity (Wildman–Crippen MR) is 118 cm³/mol. The molecule has 1 unspecified atom stereocenters. The van der Waals surface area contributed by atoms with Crippen molar-refractivity contribution < 1.29 is 14.3 Å². The number of ether oxygens (including phenoxy) is 2. The van der Waals surface area contributed by atoms with Crippen LogP contribution in [0.1, 0.15) is 74.0 Å². The molecule has 2 atom stereocenters. The number of methoxy groups -OCH3 is 1. The number of nitrogens with two attached hydrogens (primary N) is 1. The van der Waals surface area contributed by atoms with E-state index in [1.165, 1.54) is 24.0 Å². The Morgan fingerprint density at radius 2 is 2.03 bits per heavy atom. The number of aliphatic imine (C=N–C) groups is 1. The molecular weight excluding hydrogens is 390 g/mol. The largest absolute Gasteiger partial charge is 0.381 e. The Labute approximate surface area is 184 Å². The SMILES string of the molecule is COC1CCC2(CC1)Cc1ccc(C3CC3)cc1[C@]21N=C(N)N(CC2CCCO2)C1=O. The second-order valence-electron chi connectivity index (χ2n) is 10.3. The van der Waals surface area contributed by atoms with E-state index in [9.17, 15) is 4.79 Å². The highest BCUT2D eigenvalue weighted by molar-refractivity contribution is 6.08. The zero-order valence-corrected chi connectivity index (χ0v) is 18.4. The van der Waals surface area contributed by atoms with Crippen molar-refractivity contribution in [1.29, 1.82) is 0 Å². The molecular formula is C25H33N3O3. The molecule has 3 aliphatic carbocycles. The standard InChI is InChI=1S/C25H33N3O3/c1-30-19-8-10-24(11-9-19)14-18-7-6-17(16-4-5-16)13-21(18)25(24)22(29)28(23(26)27-25)15-20-3-2-12-31-20/h6-7,13,16,19-20H,2-5,8-12,14-15H2,1H3,(H2,26,27)/t19?,20?,24?,25-/m1/s1. The summed E-state index contributed by atoms with van der Waals surface area (Å²) in [6.45, 7) is 1.29. The zero-order valence-electron chi connectivity index (χ0n) is 18.4. The number of hydrogen-bond donors (Lipinski definition) is 1. The van der Waals surface area contributed by atoms with Crippen LogP contribution in [-0.2, 0) is 26.2 Å². The van der Waals surface area contributed by atoms with Gasteiger partial charge in [-0.15, -0.1) is 0 Å². The van der Waals surface area contributed by atoms with E-state index < -0.39 is 5.54 Å². The second-order valence-corrected chi connectivity index (χ2v) is 10.3. The maximum absolute atomic E-state index is 14.3. The molecule has 6 nitrogen and oxygen atoms in total. The number of carbonyl (C=O) groups excluding carboxylic acids is 1. The van der Waals surface area contributed by atoms with Crippen molar-refractivity contribution in [3.8, 4) is 0 Å². The molecule has 2 N–H and O–H groups in total. The number of hydrogen-bond acceptors (Lipinski definition) is 5. The van der Waals surface area contributed by atoms with Crippen LogP contribution in [0.5, 0.6) is 0 Å². The molecule has 1 amide bonds. The Bertz CT molecular complexity index is 926. The van der Waals surface area contributed by atoms with Crippen LogP contribution in [0.2, 0.25) is 0 Å². The lowest BCUT2D eigenvalue weighted by Crippen LogP contribution is -2.53. The molecule has 1 aromatic rings. The Hall–Kier alpha value is -1.92. The fourth-order valence-corrected chi connectivity index (χ4v) is 6.72. The number of nitrogens with zero attached hydrogens (tertiary/aromatic N) is 2. The van der Waals surface area contributed by atoms with Crippen LogP contribution in [0.15, 0.2) is 23.2 Å². The van der Waals surface area contributed by atoms with Gasteiger partial charge in [0.1, 0.15) is 0 Å². The summed E-state index contributed by atoms with van der Waals surface area (Å²) in [4.78, 5) is 21.1. The van der Waals surface area contributed by atoms with Gasteiger partial charge in [0, 0.05) is 19.1 Å². The molecule has 2 heterocycles. The number of amides is 1. The van der Waals surface area contributed by atoms with E-state index in [2.05, 4.69) is 18.2 Å². The summed E-state index contributed by atoms with van der Waals surface area (Å²) in [7, 11) is 1.80. The summed E-state index contributed by atoms with van der Waals surface area (Å²) < 4.78 is 11.5. The van der Waals surface area contributed by atoms with Crippen molar-refractivity contribution in [1.82, 2.24) is 4.90 Å². The maximum Gasteiger partial charge on any atom is 0.262 e. The molecule has 0 bridgehead atoms. The third-order valence-electron chi connectivity index (χ3n) is 8.62. The lowest BCUT2D eigenvalue weighted by molar-refractivity contribution is -0.139. The molecule has 0 aromatic heterocycles. The fraction of sp³-hybridized carbons (Fsp3) is 0.680. The van der Waals surface area contributed by atoms with Gasteiger partial charge < -0.3 is 15.2 Å². The minimum atomic E-state index is -0.880. The molecule has 5 aliphatic rings. The molecule has 0 radical (unpaired) electrons. The Kier molecular flexibility index (Phi) is 4.48. The normalized spacial score (nSPS) is 37.1. The van der Waals surface area contributed by atoms with Gasteiger partial charge in [0.2, 0.25) is 0 Å². The van der Waals surface area contributed by atoms with Crippen molar-refractivity contribution in [2.24, 2.45) is 16.1 Å². The summed E-state index contributed by atoms with van der Waals surface area (Å²) >= 11 is 0. The van der Waals surface area contributed by atoms with Gasteiger partial charge in [-0.25, -0.2) is 4.99 Å². The lowest BCUT2D eigenvalue weighted by atomic mass is 9.61. The molecule has 1 saturated heterocycles. The first-order valence-electron chi connectivity index (χ1n) is 12.0. The van der Waals surface area contributed by atoms with Crippen LogP contribution >= 0.6 is 0 Å². The molecule has 1 aromatic carbocycles. The molecule has 6 rings (SSSR count). The number of benzene rings is 1. The molecule has 2 aliphatic heterocycles. The minimum Gasteiger partial charge on any atom is -0.381 e. The average Bonchev–Trinajstić information content (AvgIpc) is 3.37. The van der Waals surface area contributed by atoms with E-state index in [0.29, 0.717) is 18.4 Å². The molecule has 3 fully saturated rings. The molecule has 2 spiro atoms. The van der Waals surface area contributed by atoms with E-state index >= 15 is 0 Å². The Morgan fingerprint density at radius 1 is 1.23 bits per heavy atom. The van der Waals surface area contributed by atoms with E-state index in [1.807, 2.05) is 0 Å². The zero-order chi connectivity index (χ0) is 21.2. The van der Waals surface area contributed by atoms with Gasteiger partial charge in [-0.1, -0.05) is 18.2 Å². The monoisotopic (exact) mass is 423 g/mol. The Balaban J connectivity index is 1.43. The van der Waals surface area contributed by atoms with Crippen molar-refractivity contribution in [2.45, 2.75) is 81.5 Å². The third-order valence-corrected chi connectivity index (χ3v) is 8.62. The van der Waals surface area contributed by atoms with Gasteiger partial charge in [0.25, 0.3) is 5.91 Å². The summed E-state index contributed by atoms with van der Waals surface area (Å²) in [5.41, 5.74) is 9.16. The van der Waals surface area contributed by atoms with E-state index in [0.717, 1.165) is 57.1 Å². The smallest absolute Gasteiger partial charge is 0.262 e. The van der Waals surface area contributed by atoms with E-state index in [4.69, 9.17) is 20.2 Å². The maximum atomic E-state index is 14.3. The van der Waals surface area contributed by atoms with Gasteiger partial charge in [-0.2, -0.15) is 0 Å². The number of rotatable bonds is 4. The van der Waals surface area contributed by atoms with Crippen molar-refractivity contribution in [3.63, 3.8) is 0 Å². The van der Waals surface area contributed by atoms with E-state index in [1.54, 1.807) is 12.0 Å². The highest BCUT2D eigenvalue weighted by Gasteiger charge is 2.66. The fourth-order valence-electron chi connectivity index (χ4n) is 6.72. The predicted octanol–water partition coefficient (Wildman–Crippen LogP) is 3.23. The lowest BCUT2D eigenvalue weighted by Gasteiger charge is -2.45. The number of guanidine groups is 1. The topological polar surface area (TPSA) is 77.2 Å². The quantitative estimate of drug-likeness (QED) is 0.807. The minimum absolute atomic E-state index is 0.0618. The van der Waals surface area contributed by atoms with E-state index in [-0.39, 0.29) is 23.5 Å². The number of fused-ring (bicyclic) bond motifs is 3. The molecule has 166 valence electrons. The van der Waals surface area contributed by atoms with Gasteiger partial charge in [-0.05, 0) is 80.4 Å². The second kappa shape index (κ2) is 7.04. The highest BCUT2D eigenvalue weighted by atomic mass is 16.5. The first kappa shape index (κ1) is 19.7. The molecule has 31 heavy (non-hydrogen) atoms. The summed E-state index contributed by atoms with van der Waals surface area (Å²) in [5.74, 6) is 1.09. The van der Waals surface area contributed by atoms with Gasteiger partial charge in [0.15, 0.2) is 11.5 Å². The van der Waals surface area contributed by atoms with Crippen LogP contribution in [0.3, 0.4) is 0 Å². The van der Waals surface area contributed by atoms with Gasteiger partial charge >= 0.3 is 0 Å². The summed E-state index contributed by atoms with van der Waals surface area (Å²) in [5, 5.41) is 0. The van der Waals surface area contributed by atoms with Crippen molar-refractivity contribution in [3.05, 3.63) is 34.9 Å². The van der Waals surface area contributed by atoms with Crippen molar-refractivity contribution >= 4 is 11.9 Å². The average molecular weight is 424 g/mol. The van der Waals surface area contributed by atoms with Gasteiger partial charge in [-0.3, -0.25) is 9.69 Å². The third kappa shape index (κ3) is 2.83.